The summed E-state index contributed by atoms with van der Waals surface area (Å²) in [6.45, 7) is 5.08. The van der Waals surface area contributed by atoms with Crippen LogP contribution in [0.1, 0.15) is 52.4 Å². The van der Waals surface area contributed by atoms with Crippen LogP contribution in [0.25, 0.3) is 0 Å². The second kappa shape index (κ2) is 9.84. The van der Waals surface area contributed by atoms with Crippen LogP contribution in [0.15, 0.2) is 0 Å². The van der Waals surface area contributed by atoms with Gasteiger partial charge in [0.1, 0.15) is 11.6 Å². The Morgan fingerprint density at radius 1 is 1.00 bits per heavy atom. The summed E-state index contributed by atoms with van der Waals surface area (Å²) < 4.78 is 5.33. The summed E-state index contributed by atoms with van der Waals surface area (Å²) in [6.07, 6.45) is 4.31. The molecule has 15 heavy (non-hydrogen) atoms. The van der Waals surface area contributed by atoms with Crippen LogP contribution in [-0.4, -0.2) is 24.8 Å². The molecular weight excluding hydrogens is 192 g/mol. The Balaban J connectivity index is 3.20. The smallest absolute Gasteiger partial charge is 0.133 e. The Hall–Kier alpha value is -0.700. The lowest BCUT2D eigenvalue weighted by molar-refractivity contribution is -0.123. The third-order valence-corrected chi connectivity index (χ3v) is 2.14. The van der Waals surface area contributed by atoms with E-state index in [0.29, 0.717) is 25.9 Å². The number of ketones is 2. The van der Waals surface area contributed by atoms with E-state index in [1.165, 1.54) is 6.92 Å². The van der Waals surface area contributed by atoms with Gasteiger partial charge in [0, 0.05) is 32.5 Å². The molecule has 0 amide bonds. The molecule has 0 aromatic carbocycles. The molecule has 3 nitrogen and oxygen atoms in total. The van der Waals surface area contributed by atoms with E-state index in [1.54, 1.807) is 0 Å². The Bertz CT molecular complexity index is 187. The SMILES string of the molecule is CCCCOCCCC(=O)CCC(C)=O. The molecule has 0 spiro atoms. The third-order valence-electron chi connectivity index (χ3n) is 2.14. The Morgan fingerprint density at radius 3 is 2.27 bits per heavy atom. The number of hydrogen-bond donors (Lipinski definition) is 0. The van der Waals surface area contributed by atoms with E-state index in [2.05, 4.69) is 6.92 Å². The fourth-order valence-corrected chi connectivity index (χ4v) is 1.16. The molecule has 88 valence electrons. The van der Waals surface area contributed by atoms with Crippen LogP contribution in [0.5, 0.6) is 0 Å². The van der Waals surface area contributed by atoms with Gasteiger partial charge in [0.25, 0.3) is 0 Å². The Morgan fingerprint density at radius 2 is 1.67 bits per heavy atom. The number of carbonyl (C=O) groups is 2. The molecule has 0 saturated carbocycles. The molecule has 0 heterocycles. The minimum absolute atomic E-state index is 0.0857. The molecule has 0 aliphatic carbocycles. The summed E-state index contributed by atoms with van der Waals surface area (Å²) in [4.78, 5) is 21.8. The van der Waals surface area contributed by atoms with Crippen molar-refractivity contribution >= 4 is 11.6 Å². The molecule has 0 aromatic rings. The Kier molecular flexibility index (Phi) is 9.38. The van der Waals surface area contributed by atoms with E-state index in [-0.39, 0.29) is 11.6 Å². The molecule has 0 fully saturated rings. The van der Waals surface area contributed by atoms with Gasteiger partial charge in [-0.2, -0.15) is 0 Å². The summed E-state index contributed by atoms with van der Waals surface area (Å²) >= 11 is 0. The van der Waals surface area contributed by atoms with Gasteiger partial charge in [-0.1, -0.05) is 13.3 Å². The molecule has 0 atom stereocenters. The van der Waals surface area contributed by atoms with E-state index in [1.807, 2.05) is 0 Å². The number of carbonyl (C=O) groups excluding carboxylic acids is 2. The molecule has 0 aliphatic rings. The maximum absolute atomic E-state index is 11.2. The molecule has 0 unspecified atom stereocenters. The van der Waals surface area contributed by atoms with Gasteiger partial charge in [-0.05, 0) is 19.8 Å². The summed E-state index contributed by atoms with van der Waals surface area (Å²) in [6, 6.07) is 0. The summed E-state index contributed by atoms with van der Waals surface area (Å²) in [5, 5.41) is 0. The fourth-order valence-electron chi connectivity index (χ4n) is 1.16. The van der Waals surface area contributed by atoms with Crippen molar-refractivity contribution < 1.29 is 14.3 Å². The normalized spacial score (nSPS) is 10.3. The van der Waals surface area contributed by atoms with Crippen LogP contribution in [0.3, 0.4) is 0 Å². The molecule has 0 N–H and O–H groups in total. The second-order valence-electron chi connectivity index (χ2n) is 3.81. The number of unbranched alkanes of at least 4 members (excludes halogenated alkanes) is 1. The average Bonchev–Trinajstić information content (AvgIpc) is 2.20. The molecule has 0 bridgehead atoms. The fraction of sp³-hybridized carbons (Fsp3) is 0.833. The number of rotatable bonds is 10. The molecular formula is C12H22O3. The quantitative estimate of drug-likeness (QED) is 0.525. The first-order chi connectivity index (χ1) is 7.16. The predicted octanol–water partition coefficient (Wildman–Crippen LogP) is 2.52. The summed E-state index contributed by atoms with van der Waals surface area (Å²) in [5.41, 5.74) is 0. The average molecular weight is 214 g/mol. The second-order valence-corrected chi connectivity index (χ2v) is 3.81. The van der Waals surface area contributed by atoms with Gasteiger partial charge in [0.05, 0.1) is 0 Å². The van der Waals surface area contributed by atoms with Gasteiger partial charge in [0.15, 0.2) is 0 Å². The summed E-state index contributed by atoms with van der Waals surface area (Å²) in [5.74, 6) is 0.256. The van der Waals surface area contributed by atoms with Crippen LogP contribution in [-0.2, 0) is 14.3 Å². The van der Waals surface area contributed by atoms with Crippen LogP contribution in [0.4, 0.5) is 0 Å². The standard InChI is InChI=1S/C12H22O3/c1-3-4-9-15-10-5-6-12(14)8-7-11(2)13/h3-10H2,1-2H3. The molecule has 0 saturated heterocycles. The number of ether oxygens (including phenoxy) is 1. The predicted molar refractivity (Wildman–Crippen MR) is 59.9 cm³/mol. The van der Waals surface area contributed by atoms with Gasteiger partial charge >= 0.3 is 0 Å². The topological polar surface area (TPSA) is 43.4 Å². The third kappa shape index (κ3) is 11.2. The van der Waals surface area contributed by atoms with Crippen molar-refractivity contribution in [2.45, 2.75) is 52.4 Å². The van der Waals surface area contributed by atoms with Crippen LogP contribution >= 0.6 is 0 Å². The zero-order valence-electron chi connectivity index (χ0n) is 9.88. The molecule has 0 radical (unpaired) electrons. The zero-order chi connectivity index (χ0) is 11.5. The highest BCUT2D eigenvalue weighted by molar-refractivity contribution is 5.84. The minimum atomic E-state index is 0.0857. The highest BCUT2D eigenvalue weighted by Gasteiger charge is 2.03. The van der Waals surface area contributed by atoms with E-state index in [9.17, 15) is 9.59 Å². The molecule has 3 heteroatoms. The number of Topliss-reactive ketones (excluding diaryl/α,β-unsaturated/α-hetero) is 2. The summed E-state index contributed by atoms with van der Waals surface area (Å²) in [7, 11) is 0. The highest BCUT2D eigenvalue weighted by Crippen LogP contribution is 2.00. The van der Waals surface area contributed by atoms with E-state index < -0.39 is 0 Å². The molecule has 0 aromatic heterocycles. The first-order valence-corrected chi connectivity index (χ1v) is 5.75. The van der Waals surface area contributed by atoms with Crippen molar-refractivity contribution in [3.8, 4) is 0 Å². The van der Waals surface area contributed by atoms with Crippen LogP contribution in [0, 0.1) is 0 Å². The molecule has 0 rings (SSSR count). The maximum Gasteiger partial charge on any atom is 0.133 e. The lowest BCUT2D eigenvalue weighted by Gasteiger charge is -2.02. The Labute approximate surface area is 92.2 Å². The van der Waals surface area contributed by atoms with Gasteiger partial charge in [0.2, 0.25) is 0 Å². The van der Waals surface area contributed by atoms with Crippen molar-refractivity contribution in [1.82, 2.24) is 0 Å². The first kappa shape index (κ1) is 14.3. The number of hydrogen-bond acceptors (Lipinski definition) is 3. The first-order valence-electron chi connectivity index (χ1n) is 5.75. The van der Waals surface area contributed by atoms with Gasteiger partial charge < -0.3 is 9.53 Å². The van der Waals surface area contributed by atoms with Gasteiger partial charge in [-0.3, -0.25) is 4.79 Å². The van der Waals surface area contributed by atoms with Crippen molar-refractivity contribution in [3.63, 3.8) is 0 Å². The van der Waals surface area contributed by atoms with Crippen molar-refractivity contribution in [1.29, 1.82) is 0 Å². The van der Waals surface area contributed by atoms with Crippen molar-refractivity contribution in [3.05, 3.63) is 0 Å². The zero-order valence-corrected chi connectivity index (χ0v) is 9.88. The lowest BCUT2D eigenvalue weighted by Crippen LogP contribution is -2.04. The van der Waals surface area contributed by atoms with E-state index in [0.717, 1.165) is 25.9 Å². The van der Waals surface area contributed by atoms with Crippen molar-refractivity contribution in [2.24, 2.45) is 0 Å². The van der Waals surface area contributed by atoms with E-state index in [4.69, 9.17) is 4.74 Å². The molecule has 0 aliphatic heterocycles. The monoisotopic (exact) mass is 214 g/mol. The van der Waals surface area contributed by atoms with Crippen molar-refractivity contribution in [2.75, 3.05) is 13.2 Å². The highest BCUT2D eigenvalue weighted by atomic mass is 16.5. The minimum Gasteiger partial charge on any atom is -0.381 e. The van der Waals surface area contributed by atoms with Crippen LogP contribution < -0.4 is 0 Å². The maximum atomic E-state index is 11.2. The van der Waals surface area contributed by atoms with Gasteiger partial charge in [-0.25, -0.2) is 0 Å². The van der Waals surface area contributed by atoms with Gasteiger partial charge in [-0.15, -0.1) is 0 Å². The van der Waals surface area contributed by atoms with Crippen LogP contribution in [0.2, 0.25) is 0 Å². The lowest BCUT2D eigenvalue weighted by atomic mass is 10.1. The van der Waals surface area contributed by atoms with E-state index >= 15 is 0 Å². The largest absolute Gasteiger partial charge is 0.381 e.